The van der Waals surface area contributed by atoms with Crippen molar-refractivity contribution in [3.63, 3.8) is 0 Å². The van der Waals surface area contributed by atoms with Crippen LogP contribution in [0.1, 0.15) is 32.6 Å². The fourth-order valence-corrected chi connectivity index (χ4v) is 2.41. The van der Waals surface area contributed by atoms with Gasteiger partial charge < -0.3 is 10.1 Å². The van der Waals surface area contributed by atoms with Gasteiger partial charge in [-0.15, -0.1) is 0 Å². The molecule has 1 N–H and O–H groups in total. The Bertz CT molecular complexity index is 188. The van der Waals surface area contributed by atoms with E-state index in [0.717, 1.165) is 18.6 Å². The fraction of sp³-hybridized carbons (Fsp3) is 1.00. The van der Waals surface area contributed by atoms with E-state index in [1.165, 1.54) is 38.8 Å². The minimum atomic E-state index is 0.368. The Kier molecular flexibility index (Phi) is 4.00. The molecule has 2 aliphatic rings. The molecule has 2 rings (SSSR count). The summed E-state index contributed by atoms with van der Waals surface area (Å²) in [5, 5.41) is 3.58. The first-order valence-electron chi connectivity index (χ1n) is 6.30. The maximum absolute atomic E-state index is 5.36. The molecule has 1 aliphatic heterocycles. The number of hydrogen-bond acceptors (Lipinski definition) is 3. The lowest BCUT2D eigenvalue weighted by Crippen LogP contribution is -2.42. The standard InChI is InChI=1S/C12H24N2O/c1-10(15-2)8-14(12-5-6-12)9-11-4-3-7-13-11/h10-13H,3-9H2,1-2H3. The van der Waals surface area contributed by atoms with Gasteiger partial charge in [-0.3, -0.25) is 4.90 Å². The van der Waals surface area contributed by atoms with Crippen molar-refractivity contribution in [1.29, 1.82) is 0 Å². The van der Waals surface area contributed by atoms with E-state index in [9.17, 15) is 0 Å². The zero-order valence-electron chi connectivity index (χ0n) is 10.0. The zero-order valence-corrected chi connectivity index (χ0v) is 10.0. The second-order valence-electron chi connectivity index (χ2n) is 5.02. The molecular formula is C12H24N2O. The summed E-state index contributed by atoms with van der Waals surface area (Å²) in [5.74, 6) is 0. The molecule has 2 fully saturated rings. The van der Waals surface area contributed by atoms with Crippen molar-refractivity contribution in [2.24, 2.45) is 0 Å². The van der Waals surface area contributed by atoms with Crippen LogP contribution in [0.5, 0.6) is 0 Å². The summed E-state index contributed by atoms with van der Waals surface area (Å²) in [6.07, 6.45) is 5.85. The Morgan fingerprint density at radius 2 is 2.20 bits per heavy atom. The van der Waals surface area contributed by atoms with Gasteiger partial charge in [-0.05, 0) is 39.2 Å². The van der Waals surface area contributed by atoms with E-state index in [0.29, 0.717) is 6.10 Å². The van der Waals surface area contributed by atoms with Gasteiger partial charge in [-0.1, -0.05) is 0 Å². The molecule has 1 aliphatic carbocycles. The molecule has 0 spiro atoms. The summed E-state index contributed by atoms with van der Waals surface area (Å²) in [4.78, 5) is 2.62. The molecule has 0 bridgehead atoms. The molecule has 3 heteroatoms. The summed E-state index contributed by atoms with van der Waals surface area (Å²) in [5.41, 5.74) is 0. The molecule has 1 saturated carbocycles. The molecule has 2 atom stereocenters. The minimum absolute atomic E-state index is 0.368. The third kappa shape index (κ3) is 3.44. The van der Waals surface area contributed by atoms with E-state index in [2.05, 4.69) is 17.1 Å². The van der Waals surface area contributed by atoms with Crippen molar-refractivity contribution in [2.75, 3.05) is 26.7 Å². The number of hydrogen-bond donors (Lipinski definition) is 1. The highest BCUT2D eigenvalue weighted by Gasteiger charge is 2.31. The smallest absolute Gasteiger partial charge is 0.0670 e. The van der Waals surface area contributed by atoms with Crippen molar-refractivity contribution < 1.29 is 4.74 Å². The van der Waals surface area contributed by atoms with Gasteiger partial charge in [0.1, 0.15) is 0 Å². The Labute approximate surface area is 93.2 Å². The number of ether oxygens (including phenoxy) is 1. The number of rotatable bonds is 6. The number of methoxy groups -OCH3 is 1. The maximum Gasteiger partial charge on any atom is 0.0670 e. The quantitative estimate of drug-likeness (QED) is 0.717. The zero-order chi connectivity index (χ0) is 10.7. The van der Waals surface area contributed by atoms with Gasteiger partial charge in [0.25, 0.3) is 0 Å². The highest BCUT2D eigenvalue weighted by atomic mass is 16.5. The lowest BCUT2D eigenvalue weighted by molar-refractivity contribution is 0.0709. The van der Waals surface area contributed by atoms with E-state index in [4.69, 9.17) is 4.74 Å². The van der Waals surface area contributed by atoms with Crippen molar-refractivity contribution in [3.05, 3.63) is 0 Å². The highest BCUT2D eigenvalue weighted by molar-refractivity contribution is 4.89. The number of nitrogens with zero attached hydrogens (tertiary/aromatic N) is 1. The Hall–Kier alpha value is -0.120. The van der Waals surface area contributed by atoms with Gasteiger partial charge >= 0.3 is 0 Å². The molecule has 15 heavy (non-hydrogen) atoms. The predicted molar refractivity (Wildman–Crippen MR) is 62.1 cm³/mol. The second kappa shape index (κ2) is 5.28. The Balaban J connectivity index is 1.77. The van der Waals surface area contributed by atoms with E-state index >= 15 is 0 Å². The van der Waals surface area contributed by atoms with Crippen LogP contribution in [0.15, 0.2) is 0 Å². The van der Waals surface area contributed by atoms with Crippen LogP contribution < -0.4 is 5.32 Å². The summed E-state index contributed by atoms with van der Waals surface area (Å²) in [6, 6.07) is 1.58. The molecule has 0 amide bonds. The topological polar surface area (TPSA) is 24.5 Å². The first-order valence-corrected chi connectivity index (χ1v) is 6.30. The molecular weight excluding hydrogens is 188 g/mol. The molecule has 3 nitrogen and oxygen atoms in total. The normalized spacial score (nSPS) is 28.6. The molecule has 0 aromatic heterocycles. The van der Waals surface area contributed by atoms with Gasteiger partial charge in [0.05, 0.1) is 6.10 Å². The van der Waals surface area contributed by atoms with Crippen LogP contribution in [0.3, 0.4) is 0 Å². The van der Waals surface area contributed by atoms with Crippen LogP contribution >= 0.6 is 0 Å². The third-order valence-corrected chi connectivity index (χ3v) is 3.57. The molecule has 1 saturated heterocycles. The van der Waals surface area contributed by atoms with Gasteiger partial charge in [0.15, 0.2) is 0 Å². The van der Waals surface area contributed by atoms with Crippen LogP contribution in [-0.2, 0) is 4.74 Å². The van der Waals surface area contributed by atoms with E-state index in [1.54, 1.807) is 0 Å². The Morgan fingerprint density at radius 3 is 2.73 bits per heavy atom. The van der Waals surface area contributed by atoms with E-state index in [-0.39, 0.29) is 0 Å². The predicted octanol–water partition coefficient (Wildman–Crippen LogP) is 1.24. The summed E-state index contributed by atoms with van der Waals surface area (Å²) in [6.45, 7) is 5.69. The third-order valence-electron chi connectivity index (χ3n) is 3.57. The summed E-state index contributed by atoms with van der Waals surface area (Å²) < 4.78 is 5.36. The fourth-order valence-electron chi connectivity index (χ4n) is 2.41. The van der Waals surface area contributed by atoms with Crippen LogP contribution in [0.4, 0.5) is 0 Å². The van der Waals surface area contributed by atoms with Gasteiger partial charge in [0.2, 0.25) is 0 Å². The van der Waals surface area contributed by atoms with Gasteiger partial charge in [-0.2, -0.15) is 0 Å². The highest BCUT2D eigenvalue weighted by Crippen LogP contribution is 2.27. The number of nitrogens with one attached hydrogen (secondary N) is 1. The average Bonchev–Trinajstić information content (AvgIpc) is 2.97. The molecule has 1 heterocycles. The lowest BCUT2D eigenvalue weighted by atomic mass is 10.2. The lowest BCUT2D eigenvalue weighted by Gasteiger charge is -2.27. The van der Waals surface area contributed by atoms with Crippen molar-refractivity contribution in [1.82, 2.24) is 10.2 Å². The van der Waals surface area contributed by atoms with Crippen molar-refractivity contribution >= 4 is 0 Å². The minimum Gasteiger partial charge on any atom is -0.380 e. The Morgan fingerprint density at radius 1 is 1.40 bits per heavy atom. The van der Waals surface area contributed by atoms with E-state index < -0.39 is 0 Å². The largest absolute Gasteiger partial charge is 0.380 e. The maximum atomic E-state index is 5.36. The molecule has 2 unspecified atom stereocenters. The van der Waals surface area contributed by atoms with E-state index in [1.807, 2.05) is 7.11 Å². The SMILES string of the molecule is COC(C)CN(CC1CCCN1)C1CC1. The average molecular weight is 212 g/mol. The summed E-state index contributed by atoms with van der Waals surface area (Å²) in [7, 11) is 1.81. The first kappa shape index (κ1) is 11.4. The van der Waals surface area contributed by atoms with Crippen molar-refractivity contribution in [3.8, 4) is 0 Å². The second-order valence-corrected chi connectivity index (χ2v) is 5.02. The van der Waals surface area contributed by atoms with Crippen LogP contribution in [0.25, 0.3) is 0 Å². The monoisotopic (exact) mass is 212 g/mol. The van der Waals surface area contributed by atoms with Gasteiger partial charge in [0, 0.05) is 32.3 Å². The summed E-state index contributed by atoms with van der Waals surface area (Å²) >= 11 is 0. The van der Waals surface area contributed by atoms with Crippen LogP contribution in [0, 0.1) is 0 Å². The molecule has 88 valence electrons. The molecule has 0 aromatic carbocycles. The van der Waals surface area contributed by atoms with Crippen LogP contribution in [-0.4, -0.2) is 49.8 Å². The van der Waals surface area contributed by atoms with Crippen LogP contribution in [0.2, 0.25) is 0 Å². The first-order chi connectivity index (χ1) is 7.29. The molecule has 0 aromatic rings. The van der Waals surface area contributed by atoms with Crippen molar-refractivity contribution in [2.45, 2.75) is 50.8 Å². The molecule has 0 radical (unpaired) electrons. The van der Waals surface area contributed by atoms with Gasteiger partial charge in [-0.25, -0.2) is 0 Å².